The highest BCUT2D eigenvalue weighted by Gasteiger charge is 2.24. The van der Waals surface area contributed by atoms with E-state index in [0.29, 0.717) is 23.8 Å². The van der Waals surface area contributed by atoms with Crippen LogP contribution in [0.4, 0.5) is 5.13 Å². The highest BCUT2D eigenvalue weighted by Crippen LogP contribution is 2.22. The third kappa shape index (κ3) is 2.80. The fourth-order valence-corrected chi connectivity index (χ4v) is 3.74. The Morgan fingerprint density at radius 3 is 2.78 bits per heavy atom. The van der Waals surface area contributed by atoms with Gasteiger partial charge in [0.05, 0.1) is 0 Å². The first kappa shape index (κ1) is 14.5. The third-order valence-electron chi connectivity index (χ3n) is 4.07. The van der Waals surface area contributed by atoms with Crippen molar-refractivity contribution in [1.29, 1.82) is 0 Å². The third-order valence-corrected chi connectivity index (χ3v) is 5.14. The number of amides is 1. The number of carbonyl (C=O) groups excluding carboxylic acids is 1. The lowest BCUT2D eigenvalue weighted by atomic mass is 10.2. The number of fused-ring (bicyclic) bond motifs is 1. The number of halogens is 1. The van der Waals surface area contributed by atoms with Crippen LogP contribution in [0.1, 0.15) is 10.5 Å². The molecule has 118 valence electrons. The Morgan fingerprint density at radius 1 is 1.22 bits per heavy atom. The van der Waals surface area contributed by atoms with Crippen LogP contribution in [-0.4, -0.2) is 47.0 Å². The van der Waals surface area contributed by atoms with E-state index in [4.69, 9.17) is 11.6 Å². The molecular weight excluding hydrogens is 332 g/mol. The number of aromatic amines is 1. The summed E-state index contributed by atoms with van der Waals surface area (Å²) in [6.07, 6.45) is 1.81. The molecule has 7 heteroatoms. The van der Waals surface area contributed by atoms with Crippen LogP contribution >= 0.6 is 22.9 Å². The average Bonchev–Trinajstić information content (AvgIpc) is 3.23. The van der Waals surface area contributed by atoms with Crippen molar-refractivity contribution in [2.24, 2.45) is 0 Å². The molecule has 0 unspecified atom stereocenters. The molecule has 5 nitrogen and oxygen atoms in total. The number of nitrogens with zero attached hydrogens (tertiary/aromatic N) is 3. The Hall–Kier alpha value is -2.05. The molecule has 23 heavy (non-hydrogen) atoms. The monoisotopic (exact) mass is 346 g/mol. The van der Waals surface area contributed by atoms with Gasteiger partial charge in [-0.25, -0.2) is 4.98 Å². The first-order chi connectivity index (χ1) is 11.2. The molecule has 1 N–H and O–H groups in total. The Kier molecular flexibility index (Phi) is 3.71. The fraction of sp³-hybridized carbons (Fsp3) is 0.250. The van der Waals surface area contributed by atoms with Gasteiger partial charge in [-0.15, -0.1) is 11.3 Å². The predicted octanol–water partition coefficient (Wildman–Crippen LogP) is 3.24. The van der Waals surface area contributed by atoms with Crippen molar-refractivity contribution in [3.8, 4) is 0 Å². The number of hydrogen-bond donors (Lipinski definition) is 1. The number of rotatable bonds is 2. The molecule has 0 spiro atoms. The van der Waals surface area contributed by atoms with Crippen molar-refractivity contribution >= 4 is 44.9 Å². The number of carbonyl (C=O) groups is 1. The smallest absolute Gasteiger partial charge is 0.270 e. The highest BCUT2D eigenvalue weighted by atomic mass is 35.5. The van der Waals surface area contributed by atoms with Crippen molar-refractivity contribution in [2.75, 3.05) is 31.1 Å². The van der Waals surface area contributed by atoms with E-state index in [1.807, 2.05) is 40.7 Å². The second kappa shape index (κ2) is 5.86. The molecule has 1 aliphatic rings. The SMILES string of the molecule is O=C(c1cc2cc(Cl)ccc2[nH]1)N1CCN(c2nccs2)CC1. The first-order valence-electron chi connectivity index (χ1n) is 7.43. The summed E-state index contributed by atoms with van der Waals surface area (Å²) < 4.78 is 0. The average molecular weight is 347 g/mol. The molecule has 0 atom stereocenters. The molecule has 3 heterocycles. The maximum absolute atomic E-state index is 12.7. The molecule has 0 radical (unpaired) electrons. The number of aromatic nitrogens is 2. The zero-order valence-corrected chi connectivity index (χ0v) is 13.9. The maximum Gasteiger partial charge on any atom is 0.270 e. The lowest BCUT2D eigenvalue weighted by Gasteiger charge is -2.34. The van der Waals surface area contributed by atoms with Gasteiger partial charge in [0.1, 0.15) is 5.69 Å². The molecule has 3 aromatic rings. The van der Waals surface area contributed by atoms with Gasteiger partial charge in [-0.3, -0.25) is 4.79 Å². The minimum absolute atomic E-state index is 0.0381. The summed E-state index contributed by atoms with van der Waals surface area (Å²) in [6, 6.07) is 7.46. The topological polar surface area (TPSA) is 52.2 Å². The van der Waals surface area contributed by atoms with Crippen LogP contribution in [0.3, 0.4) is 0 Å². The molecule has 4 rings (SSSR count). The van der Waals surface area contributed by atoms with Gasteiger partial charge in [0.15, 0.2) is 5.13 Å². The van der Waals surface area contributed by atoms with Gasteiger partial charge in [0.25, 0.3) is 5.91 Å². The largest absolute Gasteiger partial charge is 0.351 e. The van der Waals surface area contributed by atoms with Crippen molar-refractivity contribution in [2.45, 2.75) is 0 Å². The summed E-state index contributed by atoms with van der Waals surface area (Å²) in [4.78, 5) is 24.3. The molecule has 2 aromatic heterocycles. The molecule has 1 saturated heterocycles. The van der Waals surface area contributed by atoms with Gasteiger partial charge in [-0.2, -0.15) is 0 Å². The minimum atomic E-state index is 0.0381. The van der Waals surface area contributed by atoms with Gasteiger partial charge in [0.2, 0.25) is 0 Å². The standard InChI is InChI=1S/C16H15ClN4OS/c17-12-1-2-13-11(9-12)10-14(19-13)15(22)20-4-6-21(7-5-20)16-18-3-8-23-16/h1-3,8-10,19H,4-7H2. The summed E-state index contributed by atoms with van der Waals surface area (Å²) >= 11 is 7.63. The molecule has 0 bridgehead atoms. The number of anilines is 1. The number of piperazine rings is 1. The number of benzene rings is 1. The van der Waals surface area contributed by atoms with E-state index in [2.05, 4.69) is 14.9 Å². The fourth-order valence-electron chi connectivity index (χ4n) is 2.86. The summed E-state index contributed by atoms with van der Waals surface area (Å²) in [5.41, 5.74) is 1.55. The quantitative estimate of drug-likeness (QED) is 0.775. The van der Waals surface area contributed by atoms with Crippen molar-refractivity contribution in [1.82, 2.24) is 14.9 Å². The maximum atomic E-state index is 12.7. The lowest BCUT2D eigenvalue weighted by molar-refractivity contribution is 0.0742. The van der Waals surface area contributed by atoms with Gasteiger partial charge in [-0.1, -0.05) is 11.6 Å². The van der Waals surface area contributed by atoms with E-state index in [1.54, 1.807) is 11.3 Å². The molecule has 1 amide bonds. The zero-order chi connectivity index (χ0) is 15.8. The zero-order valence-electron chi connectivity index (χ0n) is 12.3. The normalized spacial score (nSPS) is 15.3. The van der Waals surface area contributed by atoms with Crippen molar-refractivity contribution in [3.63, 3.8) is 0 Å². The summed E-state index contributed by atoms with van der Waals surface area (Å²) in [5.74, 6) is 0.0381. The van der Waals surface area contributed by atoms with Crippen LogP contribution in [-0.2, 0) is 0 Å². The van der Waals surface area contributed by atoms with Gasteiger partial charge >= 0.3 is 0 Å². The van der Waals surface area contributed by atoms with Gasteiger partial charge < -0.3 is 14.8 Å². The Bertz CT molecular complexity index is 837. The molecule has 1 fully saturated rings. The van der Waals surface area contributed by atoms with Crippen LogP contribution in [0.2, 0.25) is 5.02 Å². The van der Waals surface area contributed by atoms with Crippen LogP contribution < -0.4 is 4.90 Å². The van der Waals surface area contributed by atoms with Crippen molar-refractivity contribution in [3.05, 3.63) is 46.6 Å². The van der Waals surface area contributed by atoms with Crippen LogP contribution in [0.25, 0.3) is 10.9 Å². The number of H-pyrrole nitrogens is 1. The van der Waals surface area contributed by atoms with E-state index < -0.39 is 0 Å². The van der Waals surface area contributed by atoms with Crippen LogP contribution in [0, 0.1) is 0 Å². The van der Waals surface area contributed by atoms with Crippen molar-refractivity contribution < 1.29 is 4.79 Å². The Balaban J connectivity index is 1.48. The van der Waals surface area contributed by atoms with Crippen LogP contribution in [0.15, 0.2) is 35.8 Å². The second-order valence-electron chi connectivity index (χ2n) is 5.51. The summed E-state index contributed by atoms with van der Waals surface area (Å²) in [6.45, 7) is 3.03. The molecule has 0 saturated carbocycles. The van der Waals surface area contributed by atoms with E-state index in [0.717, 1.165) is 29.1 Å². The van der Waals surface area contributed by atoms with E-state index in [-0.39, 0.29) is 5.91 Å². The highest BCUT2D eigenvalue weighted by molar-refractivity contribution is 7.13. The van der Waals surface area contributed by atoms with Crippen LogP contribution in [0.5, 0.6) is 0 Å². The van der Waals surface area contributed by atoms with E-state index in [9.17, 15) is 4.79 Å². The van der Waals surface area contributed by atoms with E-state index >= 15 is 0 Å². The van der Waals surface area contributed by atoms with Gasteiger partial charge in [-0.05, 0) is 24.3 Å². The number of nitrogens with one attached hydrogen (secondary N) is 1. The Morgan fingerprint density at radius 2 is 2.04 bits per heavy atom. The molecular formula is C16H15ClN4OS. The Labute approximate surface area is 142 Å². The molecule has 0 aliphatic carbocycles. The molecule has 1 aromatic carbocycles. The second-order valence-corrected chi connectivity index (χ2v) is 6.82. The first-order valence-corrected chi connectivity index (χ1v) is 8.68. The molecule has 1 aliphatic heterocycles. The lowest BCUT2D eigenvalue weighted by Crippen LogP contribution is -2.48. The number of hydrogen-bond acceptors (Lipinski definition) is 4. The van der Waals surface area contributed by atoms with E-state index in [1.165, 1.54) is 0 Å². The number of thiazole rings is 1. The summed E-state index contributed by atoms with van der Waals surface area (Å²) in [7, 11) is 0. The van der Waals surface area contributed by atoms with Gasteiger partial charge in [0, 0.05) is 53.7 Å². The minimum Gasteiger partial charge on any atom is -0.351 e. The summed E-state index contributed by atoms with van der Waals surface area (Å²) in [5, 5.41) is 4.63. The predicted molar refractivity (Wildman–Crippen MR) is 93.5 cm³/mol.